The molecule has 2 N–H and O–H groups in total. The van der Waals surface area contributed by atoms with E-state index in [1.54, 1.807) is 11.8 Å². The van der Waals surface area contributed by atoms with Crippen LogP contribution in [0.25, 0.3) is 0 Å². The normalized spacial score (nSPS) is 14.2. The molecular formula is C14H18ClN3OS. The Bertz CT molecular complexity index is 559. The Morgan fingerprint density at radius 2 is 2.15 bits per heavy atom. The van der Waals surface area contributed by atoms with Crippen molar-refractivity contribution < 1.29 is 4.52 Å². The highest BCUT2D eigenvalue weighted by Gasteiger charge is 2.21. The third kappa shape index (κ3) is 3.75. The molecule has 6 heteroatoms. The summed E-state index contributed by atoms with van der Waals surface area (Å²) in [7, 11) is 0. The number of hydrogen-bond acceptors (Lipinski definition) is 5. The Labute approximate surface area is 128 Å². The monoisotopic (exact) mass is 311 g/mol. The zero-order chi connectivity index (χ0) is 14.5. The van der Waals surface area contributed by atoms with Gasteiger partial charge in [-0.2, -0.15) is 4.98 Å². The lowest BCUT2D eigenvalue weighted by atomic mass is 9.99. The van der Waals surface area contributed by atoms with E-state index >= 15 is 0 Å². The first-order valence-corrected chi connectivity index (χ1v) is 7.93. The summed E-state index contributed by atoms with van der Waals surface area (Å²) in [6, 6.07) is 7.72. The summed E-state index contributed by atoms with van der Waals surface area (Å²) in [6.45, 7) is 4.02. The van der Waals surface area contributed by atoms with Gasteiger partial charge in [-0.25, -0.2) is 0 Å². The molecule has 0 radical (unpaired) electrons. The molecule has 0 spiro atoms. The first-order valence-electron chi connectivity index (χ1n) is 6.57. The first-order chi connectivity index (χ1) is 9.61. The molecule has 1 aromatic heterocycles. The fourth-order valence-corrected chi connectivity index (χ4v) is 3.03. The Kier molecular flexibility index (Phi) is 5.46. The van der Waals surface area contributed by atoms with Crippen molar-refractivity contribution >= 4 is 23.4 Å². The Hall–Kier alpha value is -1.04. The van der Waals surface area contributed by atoms with Gasteiger partial charge in [0.05, 0.1) is 16.7 Å². The van der Waals surface area contributed by atoms with Crippen molar-refractivity contribution in [1.82, 2.24) is 10.1 Å². The van der Waals surface area contributed by atoms with Gasteiger partial charge in [-0.3, -0.25) is 0 Å². The van der Waals surface area contributed by atoms with Crippen molar-refractivity contribution in [1.29, 1.82) is 0 Å². The number of nitrogens with zero attached hydrogens (tertiary/aromatic N) is 2. The summed E-state index contributed by atoms with van der Waals surface area (Å²) in [5.41, 5.74) is 5.92. The van der Waals surface area contributed by atoms with Crippen molar-refractivity contribution in [2.24, 2.45) is 5.73 Å². The summed E-state index contributed by atoms with van der Waals surface area (Å²) in [5, 5.41) is 4.75. The zero-order valence-electron chi connectivity index (χ0n) is 11.5. The lowest BCUT2D eigenvalue weighted by Crippen LogP contribution is -2.24. The van der Waals surface area contributed by atoms with E-state index in [1.807, 2.05) is 31.2 Å². The van der Waals surface area contributed by atoms with Gasteiger partial charge in [-0.15, -0.1) is 11.8 Å². The van der Waals surface area contributed by atoms with Gasteiger partial charge in [-0.05, 0) is 25.5 Å². The molecule has 0 aliphatic rings. The molecule has 2 atom stereocenters. The minimum Gasteiger partial charge on any atom is -0.339 e. The highest BCUT2D eigenvalue weighted by molar-refractivity contribution is 7.98. The summed E-state index contributed by atoms with van der Waals surface area (Å²) >= 11 is 7.70. The summed E-state index contributed by atoms with van der Waals surface area (Å²) < 4.78 is 5.31. The van der Waals surface area contributed by atoms with Crippen LogP contribution in [0.3, 0.4) is 0 Å². The number of rotatable bonds is 6. The first kappa shape index (κ1) is 15.4. The SMILES string of the molecule is CCC(c1nc(CSc2ccccc2Cl)no1)C(C)N. The maximum atomic E-state index is 6.11. The lowest BCUT2D eigenvalue weighted by molar-refractivity contribution is 0.331. The maximum absolute atomic E-state index is 6.11. The second kappa shape index (κ2) is 7.11. The minimum absolute atomic E-state index is 0.00419. The number of hydrogen-bond donors (Lipinski definition) is 1. The fourth-order valence-electron chi connectivity index (χ4n) is 1.95. The van der Waals surface area contributed by atoms with E-state index in [0.29, 0.717) is 17.5 Å². The van der Waals surface area contributed by atoms with Crippen LogP contribution in [-0.4, -0.2) is 16.2 Å². The highest BCUT2D eigenvalue weighted by atomic mass is 35.5. The molecule has 20 heavy (non-hydrogen) atoms. The molecule has 0 aliphatic carbocycles. The second-order valence-corrected chi connectivity index (χ2v) is 6.07. The van der Waals surface area contributed by atoms with Crippen molar-refractivity contribution in [2.75, 3.05) is 0 Å². The smallest absolute Gasteiger partial charge is 0.231 e. The van der Waals surface area contributed by atoms with E-state index in [9.17, 15) is 0 Å². The van der Waals surface area contributed by atoms with Crippen LogP contribution in [0.5, 0.6) is 0 Å². The van der Waals surface area contributed by atoms with Crippen LogP contribution in [0.4, 0.5) is 0 Å². The van der Waals surface area contributed by atoms with E-state index in [0.717, 1.165) is 16.3 Å². The third-order valence-electron chi connectivity index (χ3n) is 3.07. The van der Waals surface area contributed by atoms with Crippen LogP contribution in [0.1, 0.15) is 37.9 Å². The number of benzene rings is 1. The Balaban J connectivity index is 2.01. The average molecular weight is 312 g/mol. The number of aromatic nitrogens is 2. The van der Waals surface area contributed by atoms with E-state index in [4.69, 9.17) is 21.9 Å². The molecule has 1 heterocycles. The standard InChI is InChI=1S/C14H18ClN3OS/c1-3-10(9(2)16)14-17-13(18-19-14)8-20-12-7-5-4-6-11(12)15/h4-7,9-10H,3,8,16H2,1-2H3. The molecule has 0 amide bonds. The van der Waals surface area contributed by atoms with Crippen LogP contribution < -0.4 is 5.73 Å². The summed E-state index contributed by atoms with van der Waals surface area (Å²) in [5.74, 6) is 2.03. The molecule has 0 fully saturated rings. The van der Waals surface area contributed by atoms with Gasteiger partial charge in [0.25, 0.3) is 0 Å². The van der Waals surface area contributed by atoms with E-state index in [-0.39, 0.29) is 12.0 Å². The zero-order valence-corrected chi connectivity index (χ0v) is 13.1. The van der Waals surface area contributed by atoms with Gasteiger partial charge in [0.1, 0.15) is 0 Å². The lowest BCUT2D eigenvalue weighted by Gasteiger charge is -2.13. The molecule has 4 nitrogen and oxygen atoms in total. The van der Waals surface area contributed by atoms with Crippen molar-refractivity contribution in [3.63, 3.8) is 0 Å². The molecule has 1 aromatic carbocycles. The molecule has 0 saturated heterocycles. The van der Waals surface area contributed by atoms with Crippen LogP contribution in [0, 0.1) is 0 Å². The molecule has 0 saturated carbocycles. The molecule has 0 bridgehead atoms. The Morgan fingerprint density at radius 1 is 1.40 bits per heavy atom. The quantitative estimate of drug-likeness (QED) is 0.821. The molecule has 2 aromatic rings. The van der Waals surface area contributed by atoms with Crippen LogP contribution in [-0.2, 0) is 5.75 Å². The van der Waals surface area contributed by atoms with Crippen LogP contribution in [0.2, 0.25) is 5.02 Å². The van der Waals surface area contributed by atoms with E-state index in [1.165, 1.54) is 0 Å². The minimum atomic E-state index is 0.00419. The van der Waals surface area contributed by atoms with Crippen molar-refractivity contribution in [3.8, 4) is 0 Å². The summed E-state index contributed by atoms with van der Waals surface area (Å²) in [6.07, 6.45) is 0.886. The van der Waals surface area contributed by atoms with Gasteiger partial charge in [0.15, 0.2) is 5.82 Å². The van der Waals surface area contributed by atoms with Gasteiger partial charge in [0.2, 0.25) is 5.89 Å². The molecule has 2 unspecified atom stereocenters. The van der Waals surface area contributed by atoms with E-state index < -0.39 is 0 Å². The predicted molar refractivity (Wildman–Crippen MR) is 82.0 cm³/mol. The molecule has 0 aliphatic heterocycles. The number of nitrogens with two attached hydrogens (primary N) is 1. The highest BCUT2D eigenvalue weighted by Crippen LogP contribution is 2.29. The number of halogens is 1. The topological polar surface area (TPSA) is 64.9 Å². The van der Waals surface area contributed by atoms with Gasteiger partial charge < -0.3 is 10.3 Å². The molecule has 108 valence electrons. The fraction of sp³-hybridized carbons (Fsp3) is 0.429. The second-order valence-electron chi connectivity index (χ2n) is 4.64. The van der Waals surface area contributed by atoms with Gasteiger partial charge >= 0.3 is 0 Å². The molecule has 2 rings (SSSR count). The van der Waals surface area contributed by atoms with Crippen LogP contribution >= 0.6 is 23.4 Å². The van der Waals surface area contributed by atoms with Gasteiger partial charge in [0, 0.05) is 10.9 Å². The maximum Gasteiger partial charge on any atom is 0.231 e. The number of thioether (sulfide) groups is 1. The average Bonchev–Trinajstić information content (AvgIpc) is 2.87. The summed E-state index contributed by atoms with van der Waals surface area (Å²) in [4.78, 5) is 5.44. The van der Waals surface area contributed by atoms with E-state index in [2.05, 4.69) is 17.1 Å². The predicted octanol–water partition coefficient (Wildman–Crippen LogP) is 3.86. The van der Waals surface area contributed by atoms with Crippen molar-refractivity contribution in [3.05, 3.63) is 41.0 Å². The molecular weight excluding hydrogens is 294 g/mol. The largest absolute Gasteiger partial charge is 0.339 e. The van der Waals surface area contributed by atoms with Gasteiger partial charge in [-0.1, -0.05) is 35.8 Å². The Morgan fingerprint density at radius 3 is 2.80 bits per heavy atom. The third-order valence-corrected chi connectivity index (χ3v) is 4.58. The van der Waals surface area contributed by atoms with Crippen LogP contribution in [0.15, 0.2) is 33.7 Å². The van der Waals surface area contributed by atoms with Crippen molar-refractivity contribution in [2.45, 2.75) is 42.9 Å².